The van der Waals surface area contributed by atoms with E-state index in [0.29, 0.717) is 17.9 Å². The summed E-state index contributed by atoms with van der Waals surface area (Å²) in [4.78, 5) is 0. The van der Waals surface area contributed by atoms with Crippen molar-refractivity contribution >= 4 is 6.01 Å². The smallest absolute Gasteiger partial charge is 0.315 e. The molecule has 3 atom stereocenters. The van der Waals surface area contributed by atoms with Crippen molar-refractivity contribution in [3.8, 4) is 0 Å². The van der Waals surface area contributed by atoms with Gasteiger partial charge in [-0.2, -0.15) is 0 Å². The second kappa shape index (κ2) is 6.89. The fourth-order valence-electron chi connectivity index (χ4n) is 2.66. The Balaban J connectivity index is 1.86. The van der Waals surface area contributed by atoms with Gasteiger partial charge in [0.1, 0.15) is 0 Å². The second-order valence-corrected chi connectivity index (χ2v) is 5.73. The lowest BCUT2D eigenvalue weighted by atomic mass is 9.87. The van der Waals surface area contributed by atoms with Gasteiger partial charge >= 0.3 is 6.01 Å². The van der Waals surface area contributed by atoms with Gasteiger partial charge in [-0.15, -0.1) is 5.10 Å². The molecule has 1 saturated carbocycles. The number of hydrogen-bond acceptors (Lipinski definition) is 5. The summed E-state index contributed by atoms with van der Waals surface area (Å²) in [5.41, 5.74) is 0. The molecule has 0 radical (unpaired) electrons. The van der Waals surface area contributed by atoms with Crippen LogP contribution in [0.3, 0.4) is 0 Å². The van der Waals surface area contributed by atoms with Crippen LogP contribution in [0, 0.1) is 5.92 Å². The lowest BCUT2D eigenvalue weighted by Crippen LogP contribution is -2.26. The van der Waals surface area contributed by atoms with Gasteiger partial charge in [0.25, 0.3) is 0 Å². The first-order valence-corrected chi connectivity index (χ1v) is 7.52. The molecule has 1 heterocycles. The van der Waals surface area contributed by atoms with Gasteiger partial charge in [-0.3, -0.25) is 0 Å². The van der Waals surface area contributed by atoms with E-state index in [1.54, 1.807) is 0 Å². The molecule has 0 spiro atoms. The van der Waals surface area contributed by atoms with E-state index in [-0.39, 0.29) is 6.04 Å². The minimum Gasteiger partial charge on any atom is -0.406 e. The Morgan fingerprint density at radius 1 is 1.37 bits per heavy atom. The van der Waals surface area contributed by atoms with Gasteiger partial charge < -0.3 is 15.1 Å². The predicted molar refractivity (Wildman–Crippen MR) is 76.0 cm³/mol. The summed E-state index contributed by atoms with van der Waals surface area (Å²) in [5.74, 6) is 1.46. The maximum Gasteiger partial charge on any atom is 0.315 e. The molecular weight excluding hydrogens is 240 g/mol. The molecule has 0 aliphatic heterocycles. The Bertz CT molecular complexity index is 379. The van der Waals surface area contributed by atoms with Gasteiger partial charge in [-0.25, -0.2) is 0 Å². The van der Waals surface area contributed by atoms with Crippen molar-refractivity contribution in [3.63, 3.8) is 0 Å². The van der Waals surface area contributed by atoms with Crippen LogP contribution in [0.5, 0.6) is 0 Å². The van der Waals surface area contributed by atoms with Crippen LogP contribution in [0.1, 0.15) is 64.8 Å². The van der Waals surface area contributed by atoms with E-state index in [2.05, 4.69) is 41.6 Å². The largest absolute Gasteiger partial charge is 0.406 e. The lowest BCUT2D eigenvalue weighted by Gasteiger charge is -2.26. The standard InChI is InChI=1S/C14H26N4O/c1-4-8-15-11(3)13-17-18-14(19-13)16-12-7-5-6-10(2)9-12/h10-12,15H,4-9H2,1-3H3,(H,16,18). The van der Waals surface area contributed by atoms with Gasteiger partial charge in [-0.1, -0.05) is 31.8 Å². The average Bonchev–Trinajstić information content (AvgIpc) is 2.84. The Morgan fingerprint density at radius 2 is 2.21 bits per heavy atom. The van der Waals surface area contributed by atoms with Crippen LogP contribution >= 0.6 is 0 Å². The van der Waals surface area contributed by atoms with E-state index in [4.69, 9.17) is 4.42 Å². The third-order valence-electron chi connectivity index (χ3n) is 3.78. The van der Waals surface area contributed by atoms with Gasteiger partial charge in [0.05, 0.1) is 6.04 Å². The SMILES string of the molecule is CCCNC(C)c1nnc(NC2CCCC(C)C2)o1. The normalized spacial score (nSPS) is 25.2. The van der Waals surface area contributed by atoms with Crippen LogP contribution in [0.15, 0.2) is 4.42 Å². The molecular formula is C14H26N4O. The summed E-state index contributed by atoms with van der Waals surface area (Å²) in [5, 5.41) is 14.9. The zero-order valence-corrected chi connectivity index (χ0v) is 12.3. The van der Waals surface area contributed by atoms with Crippen molar-refractivity contribution in [1.29, 1.82) is 0 Å². The Hall–Kier alpha value is -1.10. The van der Waals surface area contributed by atoms with E-state index in [1.807, 2.05) is 0 Å². The quantitative estimate of drug-likeness (QED) is 0.828. The first-order valence-electron chi connectivity index (χ1n) is 7.52. The third-order valence-corrected chi connectivity index (χ3v) is 3.78. The fourth-order valence-corrected chi connectivity index (χ4v) is 2.66. The highest BCUT2D eigenvalue weighted by molar-refractivity contribution is 5.20. The first kappa shape index (κ1) is 14.3. The summed E-state index contributed by atoms with van der Waals surface area (Å²) in [6.45, 7) is 7.47. The summed E-state index contributed by atoms with van der Waals surface area (Å²) in [7, 11) is 0. The molecule has 1 fully saturated rings. The molecule has 19 heavy (non-hydrogen) atoms. The summed E-state index contributed by atoms with van der Waals surface area (Å²) >= 11 is 0. The number of nitrogens with zero attached hydrogens (tertiary/aromatic N) is 2. The number of aromatic nitrogens is 2. The molecule has 0 bridgehead atoms. The van der Waals surface area contributed by atoms with Crippen LogP contribution in [0.25, 0.3) is 0 Å². The minimum absolute atomic E-state index is 0.119. The molecule has 1 aliphatic rings. The predicted octanol–water partition coefficient (Wildman–Crippen LogP) is 3.12. The molecule has 1 aromatic heterocycles. The number of hydrogen-bond donors (Lipinski definition) is 2. The van der Waals surface area contributed by atoms with Crippen LogP contribution in [0.4, 0.5) is 6.01 Å². The maximum absolute atomic E-state index is 5.68. The molecule has 3 unspecified atom stereocenters. The molecule has 108 valence electrons. The molecule has 5 nitrogen and oxygen atoms in total. The van der Waals surface area contributed by atoms with Gasteiger partial charge in [0.15, 0.2) is 0 Å². The first-order chi connectivity index (χ1) is 9.19. The van der Waals surface area contributed by atoms with E-state index >= 15 is 0 Å². The van der Waals surface area contributed by atoms with E-state index in [0.717, 1.165) is 18.9 Å². The van der Waals surface area contributed by atoms with Gasteiger partial charge in [-0.05, 0) is 38.6 Å². The van der Waals surface area contributed by atoms with Gasteiger partial charge in [0, 0.05) is 6.04 Å². The van der Waals surface area contributed by atoms with Crippen molar-refractivity contribution in [2.24, 2.45) is 5.92 Å². The lowest BCUT2D eigenvalue weighted by molar-refractivity contribution is 0.350. The molecule has 0 amide bonds. The van der Waals surface area contributed by atoms with Crippen LogP contribution < -0.4 is 10.6 Å². The van der Waals surface area contributed by atoms with Crippen LogP contribution in [-0.2, 0) is 0 Å². The van der Waals surface area contributed by atoms with Crippen LogP contribution in [0.2, 0.25) is 0 Å². The molecule has 0 aromatic carbocycles. The molecule has 1 aromatic rings. The van der Waals surface area contributed by atoms with Crippen molar-refractivity contribution in [3.05, 3.63) is 5.89 Å². The van der Waals surface area contributed by atoms with Crippen molar-refractivity contribution in [1.82, 2.24) is 15.5 Å². The molecule has 2 rings (SSSR count). The van der Waals surface area contributed by atoms with E-state index in [1.165, 1.54) is 25.7 Å². The molecule has 0 saturated heterocycles. The zero-order chi connectivity index (χ0) is 13.7. The highest BCUT2D eigenvalue weighted by Gasteiger charge is 2.21. The van der Waals surface area contributed by atoms with E-state index < -0.39 is 0 Å². The molecule has 2 N–H and O–H groups in total. The summed E-state index contributed by atoms with van der Waals surface area (Å²) < 4.78 is 5.68. The van der Waals surface area contributed by atoms with Crippen LogP contribution in [-0.4, -0.2) is 22.8 Å². The van der Waals surface area contributed by atoms with Crippen molar-refractivity contribution in [2.75, 3.05) is 11.9 Å². The molecule has 1 aliphatic carbocycles. The second-order valence-electron chi connectivity index (χ2n) is 5.73. The van der Waals surface area contributed by atoms with Crippen molar-refractivity contribution < 1.29 is 4.42 Å². The van der Waals surface area contributed by atoms with Crippen molar-refractivity contribution in [2.45, 2.75) is 65.0 Å². The Morgan fingerprint density at radius 3 is 2.95 bits per heavy atom. The number of nitrogens with one attached hydrogen (secondary N) is 2. The van der Waals surface area contributed by atoms with Gasteiger partial charge in [0.2, 0.25) is 5.89 Å². The fraction of sp³-hybridized carbons (Fsp3) is 0.857. The monoisotopic (exact) mass is 266 g/mol. The highest BCUT2D eigenvalue weighted by Crippen LogP contribution is 2.26. The highest BCUT2D eigenvalue weighted by atomic mass is 16.4. The minimum atomic E-state index is 0.119. The Labute approximate surface area is 115 Å². The average molecular weight is 266 g/mol. The third kappa shape index (κ3) is 4.20. The number of rotatable bonds is 6. The Kier molecular flexibility index (Phi) is 5.19. The number of anilines is 1. The topological polar surface area (TPSA) is 63.0 Å². The van der Waals surface area contributed by atoms with E-state index in [9.17, 15) is 0 Å². The zero-order valence-electron chi connectivity index (χ0n) is 12.3. The molecule has 5 heteroatoms. The maximum atomic E-state index is 5.68. The summed E-state index contributed by atoms with van der Waals surface area (Å²) in [6, 6.07) is 1.17. The summed E-state index contributed by atoms with van der Waals surface area (Å²) in [6.07, 6.45) is 6.12.